The molecule has 6 saturated carbocycles. The van der Waals surface area contributed by atoms with Gasteiger partial charge in [-0.05, 0) is 53.7 Å². The van der Waals surface area contributed by atoms with E-state index < -0.39 is 11.4 Å². The van der Waals surface area contributed by atoms with Crippen LogP contribution in [0.3, 0.4) is 0 Å². The van der Waals surface area contributed by atoms with Crippen LogP contribution in [0.15, 0.2) is 53.0 Å². The number of aliphatic carboxylic acids is 1. The molecule has 0 saturated heterocycles. The number of carbonyl (C=O) groups excluding carboxylic acids is 1. The molecule has 0 aliphatic heterocycles. The molecule has 2 aromatic carbocycles. The quantitative estimate of drug-likeness (QED) is 0.540. The molecule has 0 unspecified atom stereocenters. The van der Waals surface area contributed by atoms with Crippen molar-refractivity contribution >= 4 is 50.3 Å². The van der Waals surface area contributed by atoms with Crippen molar-refractivity contribution in [3.05, 3.63) is 63.6 Å². The number of pyridine rings is 1. The van der Waals surface area contributed by atoms with Crippen LogP contribution in [0, 0.1) is 40.9 Å². The van der Waals surface area contributed by atoms with E-state index in [1.807, 2.05) is 48.5 Å². The predicted octanol–water partition coefficient (Wildman–Crippen LogP) is 4.62. The van der Waals surface area contributed by atoms with E-state index in [-0.39, 0.29) is 29.2 Å². The summed E-state index contributed by atoms with van der Waals surface area (Å²) in [4.78, 5) is 30.3. The highest BCUT2D eigenvalue weighted by atomic mass is 79.9. The Bertz CT molecular complexity index is 1380. The monoisotopic (exact) mass is 506 g/mol. The van der Waals surface area contributed by atoms with Crippen molar-refractivity contribution in [3.8, 4) is 11.3 Å². The van der Waals surface area contributed by atoms with Gasteiger partial charge in [0.15, 0.2) is 0 Å². The molecule has 0 bridgehead atoms. The summed E-state index contributed by atoms with van der Waals surface area (Å²) in [6.07, 6.45) is 0. The van der Waals surface area contributed by atoms with E-state index in [0.29, 0.717) is 44.9 Å². The zero-order valence-electron chi connectivity index (χ0n) is 16.5. The molecule has 6 fully saturated rings. The van der Waals surface area contributed by atoms with Crippen molar-refractivity contribution in [1.82, 2.24) is 10.3 Å². The Morgan fingerprint density at radius 2 is 1.66 bits per heavy atom. The zero-order valence-corrected chi connectivity index (χ0v) is 18.9. The van der Waals surface area contributed by atoms with Gasteiger partial charge in [0.05, 0.1) is 32.8 Å². The van der Waals surface area contributed by atoms with Crippen molar-refractivity contribution in [2.75, 3.05) is 0 Å². The first-order valence-electron chi connectivity index (χ1n) is 10.8. The lowest BCUT2D eigenvalue weighted by atomic mass is 8.94. The molecule has 3 aromatic rings. The van der Waals surface area contributed by atoms with Gasteiger partial charge in [0.25, 0.3) is 5.91 Å². The largest absolute Gasteiger partial charge is 0.481 e. The first-order valence-corrected chi connectivity index (χ1v) is 12.0. The van der Waals surface area contributed by atoms with Gasteiger partial charge in [-0.2, -0.15) is 0 Å². The lowest BCUT2D eigenvalue weighted by Gasteiger charge is -3.09. The van der Waals surface area contributed by atoms with Crippen molar-refractivity contribution in [2.24, 2.45) is 40.9 Å². The second kappa shape index (κ2) is 5.20. The van der Waals surface area contributed by atoms with Gasteiger partial charge < -0.3 is 10.4 Å². The Labute approximate surface area is 196 Å². The number of nitrogens with one attached hydrogen (secondary N) is 1. The standard InChI is InChI=1S/C25H16BrClN2O3/c26-10-6-7-12-11(8-10)13(20(27)21(28-12)9-4-2-1-3-5-9)22(30)29-25-17-14-18(25)16-19(25)15(17)24(14,16)23(31)32/h1-8,14-19H,(H,29,30)(H,31,32). The maximum Gasteiger partial charge on any atom is 0.310 e. The van der Waals surface area contributed by atoms with Crippen molar-refractivity contribution in [1.29, 1.82) is 0 Å². The third kappa shape index (κ3) is 1.51. The summed E-state index contributed by atoms with van der Waals surface area (Å²) < 4.78 is 0.851. The molecule has 0 spiro atoms. The fourth-order valence-electron chi connectivity index (χ4n) is 8.69. The summed E-state index contributed by atoms with van der Waals surface area (Å²) in [5.41, 5.74) is 1.95. The third-order valence-electron chi connectivity index (χ3n) is 9.49. The van der Waals surface area contributed by atoms with Crippen LogP contribution in [0.2, 0.25) is 5.02 Å². The van der Waals surface area contributed by atoms with Crippen LogP contribution >= 0.6 is 27.5 Å². The number of fused-ring (bicyclic) bond motifs is 1. The Balaban J connectivity index is 1.22. The molecule has 0 atom stereocenters. The van der Waals surface area contributed by atoms with E-state index in [1.165, 1.54) is 0 Å². The number of hydrogen-bond donors (Lipinski definition) is 2. The smallest absolute Gasteiger partial charge is 0.310 e. The molecule has 6 aliphatic carbocycles. The molecular weight excluding hydrogens is 492 g/mol. The Morgan fingerprint density at radius 3 is 2.28 bits per heavy atom. The second-order valence-corrected chi connectivity index (χ2v) is 11.3. The molecule has 7 heteroatoms. The molecule has 1 amide bonds. The van der Waals surface area contributed by atoms with Gasteiger partial charge in [0.2, 0.25) is 0 Å². The number of amides is 1. The zero-order chi connectivity index (χ0) is 21.7. The van der Waals surface area contributed by atoms with Crippen LogP contribution in [0.4, 0.5) is 0 Å². The molecule has 1 aromatic heterocycles. The van der Waals surface area contributed by atoms with E-state index in [4.69, 9.17) is 16.6 Å². The maximum absolute atomic E-state index is 13.7. The van der Waals surface area contributed by atoms with E-state index in [9.17, 15) is 14.7 Å². The fourth-order valence-corrected chi connectivity index (χ4v) is 9.39. The lowest BCUT2D eigenvalue weighted by Crippen LogP contribution is -3.16. The number of aromatic nitrogens is 1. The van der Waals surface area contributed by atoms with Gasteiger partial charge in [0.1, 0.15) is 0 Å². The SMILES string of the molecule is O=C(NC12C3C4C1C1C2C3C41C(=O)O)c1c(Cl)c(-c2ccccc2)nc2ccc(Br)cc12. The van der Waals surface area contributed by atoms with Gasteiger partial charge in [-0.15, -0.1) is 0 Å². The molecule has 2 N–H and O–H groups in total. The number of hydrogen-bond acceptors (Lipinski definition) is 3. The highest BCUT2D eigenvalue weighted by Crippen LogP contribution is 3.06. The molecule has 1 heterocycles. The summed E-state index contributed by atoms with van der Waals surface area (Å²) >= 11 is 10.4. The number of halogens is 2. The van der Waals surface area contributed by atoms with Crippen LogP contribution in [-0.2, 0) is 4.79 Å². The summed E-state index contributed by atoms with van der Waals surface area (Å²) in [5, 5.41) is 14.1. The first kappa shape index (κ1) is 18.0. The van der Waals surface area contributed by atoms with Crippen molar-refractivity contribution in [2.45, 2.75) is 5.54 Å². The summed E-state index contributed by atoms with van der Waals surface area (Å²) in [5.74, 6) is 0.968. The Hall–Kier alpha value is -2.44. The predicted molar refractivity (Wildman–Crippen MR) is 121 cm³/mol. The first-order chi connectivity index (χ1) is 15.4. The number of carbonyl (C=O) groups is 2. The van der Waals surface area contributed by atoms with Crippen LogP contribution in [0.25, 0.3) is 22.2 Å². The van der Waals surface area contributed by atoms with Crippen LogP contribution in [0.5, 0.6) is 0 Å². The summed E-state index contributed by atoms with van der Waals surface area (Å²) in [7, 11) is 0. The Morgan fingerprint density at radius 1 is 1.00 bits per heavy atom. The molecule has 9 rings (SSSR count). The fraction of sp³-hybridized carbons (Fsp3) is 0.320. The lowest BCUT2D eigenvalue weighted by molar-refractivity contribution is -0.609. The maximum atomic E-state index is 13.7. The summed E-state index contributed by atoms with van der Waals surface area (Å²) in [6, 6.07) is 15.3. The number of carboxylic acids is 1. The van der Waals surface area contributed by atoms with Crippen LogP contribution < -0.4 is 5.32 Å². The van der Waals surface area contributed by atoms with E-state index >= 15 is 0 Å². The van der Waals surface area contributed by atoms with Gasteiger partial charge in [-0.25, -0.2) is 4.98 Å². The minimum absolute atomic E-state index is 0.183. The minimum atomic E-state index is -0.624. The van der Waals surface area contributed by atoms with Gasteiger partial charge in [-0.1, -0.05) is 57.9 Å². The summed E-state index contributed by atoms with van der Waals surface area (Å²) in [6.45, 7) is 0. The average molecular weight is 508 g/mol. The van der Waals surface area contributed by atoms with Gasteiger partial charge >= 0.3 is 5.97 Å². The second-order valence-electron chi connectivity index (χ2n) is 9.96. The molecule has 32 heavy (non-hydrogen) atoms. The molecular formula is C25H16BrClN2O3. The van der Waals surface area contributed by atoms with E-state index in [2.05, 4.69) is 21.2 Å². The number of rotatable bonds is 4. The van der Waals surface area contributed by atoms with E-state index in [0.717, 1.165) is 10.0 Å². The van der Waals surface area contributed by atoms with E-state index in [1.54, 1.807) is 0 Å². The highest BCUT2D eigenvalue weighted by Gasteiger charge is 3.12. The topological polar surface area (TPSA) is 79.3 Å². The van der Waals surface area contributed by atoms with Crippen molar-refractivity contribution in [3.63, 3.8) is 0 Å². The third-order valence-corrected chi connectivity index (χ3v) is 10.4. The molecule has 5 nitrogen and oxygen atoms in total. The Kier molecular flexibility index (Phi) is 2.93. The molecule has 6 aliphatic rings. The van der Waals surface area contributed by atoms with Gasteiger partial charge in [0, 0.05) is 15.4 Å². The van der Waals surface area contributed by atoms with Crippen LogP contribution in [0.1, 0.15) is 10.4 Å². The number of carboxylic acid groups (broad SMARTS) is 1. The molecule has 158 valence electrons. The van der Waals surface area contributed by atoms with Crippen LogP contribution in [-0.4, -0.2) is 27.5 Å². The average Bonchev–Trinajstić information content (AvgIpc) is 2.79. The number of benzene rings is 2. The molecule has 0 radical (unpaired) electrons. The van der Waals surface area contributed by atoms with Crippen molar-refractivity contribution < 1.29 is 14.7 Å². The number of nitrogens with zero attached hydrogens (tertiary/aromatic N) is 1. The normalized spacial score (nSPS) is 40.2. The van der Waals surface area contributed by atoms with Gasteiger partial charge in [-0.3, -0.25) is 9.59 Å². The minimum Gasteiger partial charge on any atom is -0.481 e. The highest BCUT2D eigenvalue weighted by molar-refractivity contribution is 9.10.